The van der Waals surface area contributed by atoms with Crippen LogP contribution in [0.2, 0.25) is 0 Å². The molecule has 0 atom stereocenters. The Hall–Kier alpha value is -7.48. The summed E-state index contributed by atoms with van der Waals surface area (Å²) in [4.78, 5) is 13.6. The highest BCUT2D eigenvalue weighted by atomic mass is 31.2. The highest BCUT2D eigenvalue weighted by molar-refractivity contribution is 7.96. The van der Waals surface area contributed by atoms with Crippen LogP contribution >= 0.6 is 7.26 Å². The number of halogens is 20. The number of Topliss-reactive ketones (excluding diaryl/α,β-unsaturated/α-hetero) is 1. The van der Waals surface area contributed by atoms with Crippen LogP contribution in [0.3, 0.4) is 0 Å². The van der Waals surface area contributed by atoms with Gasteiger partial charge in [0.25, 0.3) is 0 Å². The molecule has 0 unspecified atom stereocenters. The largest absolute Gasteiger partial charge is 0.290 e. The minimum Gasteiger partial charge on any atom is -0.290 e. The number of hydrogen-bond acceptors (Lipinski definition) is 1. The zero-order chi connectivity index (χ0) is 54.5. The summed E-state index contributed by atoms with van der Waals surface area (Å²) < 4.78 is 294. The van der Waals surface area contributed by atoms with Crippen LogP contribution in [0.4, 0.5) is 87.8 Å². The summed E-state index contributed by atoms with van der Waals surface area (Å²) in [6.07, 6.45) is -6.74. The molecule has 0 amide bonds. The highest BCUT2D eigenvalue weighted by Crippen LogP contribution is 2.55. The van der Waals surface area contributed by atoms with Gasteiger partial charge >= 0.3 is 0 Å². The SMILES string of the molecule is Cc1cccc(C(=O)C[P+](c2ccccc2)(c2ccccc2)c2ccccc2)c1.Fc1c(F)c(F)c([B-](c2c(F)c(F)c(F)c(F)c2F)(c2c(F)c(F)c(F)c(F)c2F)c2c(F)c(F)c(F)c(F)c2F)c(F)c1F. The van der Waals surface area contributed by atoms with Crippen LogP contribution in [0.15, 0.2) is 115 Å². The van der Waals surface area contributed by atoms with Crippen molar-refractivity contribution in [2.45, 2.75) is 6.92 Å². The van der Waals surface area contributed by atoms with Crippen molar-refractivity contribution in [2.75, 3.05) is 6.16 Å². The van der Waals surface area contributed by atoms with Crippen molar-refractivity contribution in [3.8, 4) is 0 Å². The van der Waals surface area contributed by atoms with Crippen molar-refractivity contribution in [1.29, 1.82) is 0 Å². The maximum absolute atomic E-state index is 15.4. The van der Waals surface area contributed by atoms with E-state index in [0.29, 0.717) is 6.16 Å². The van der Waals surface area contributed by atoms with E-state index in [-0.39, 0.29) is 5.78 Å². The Labute approximate surface area is 404 Å². The fourth-order valence-electron chi connectivity index (χ4n) is 8.77. The van der Waals surface area contributed by atoms with Gasteiger partial charge in [0.05, 0.1) is 0 Å². The van der Waals surface area contributed by atoms with E-state index in [9.17, 15) is 57.5 Å². The third-order valence-electron chi connectivity index (χ3n) is 12.0. The molecule has 8 aromatic rings. The molecule has 0 radical (unpaired) electrons. The van der Waals surface area contributed by atoms with E-state index in [1.54, 1.807) is 0 Å². The summed E-state index contributed by atoms with van der Waals surface area (Å²) in [5.41, 5.74) is -12.4. The van der Waals surface area contributed by atoms with Gasteiger partial charge in [-0.05, 0) is 49.4 Å². The lowest BCUT2D eigenvalue weighted by molar-refractivity contribution is 0.102. The van der Waals surface area contributed by atoms with Crippen molar-refractivity contribution in [3.63, 3.8) is 0 Å². The molecule has 0 spiro atoms. The zero-order valence-corrected chi connectivity index (χ0v) is 37.6. The van der Waals surface area contributed by atoms with Crippen molar-refractivity contribution < 1.29 is 92.6 Å². The highest BCUT2D eigenvalue weighted by Gasteiger charge is 2.53. The van der Waals surface area contributed by atoms with E-state index in [1.807, 2.05) is 49.4 Å². The summed E-state index contributed by atoms with van der Waals surface area (Å²) in [6, 6.07) is 39.6. The molecule has 0 saturated carbocycles. The minimum atomic E-state index is -7.22. The van der Waals surface area contributed by atoms with Crippen LogP contribution in [-0.4, -0.2) is 18.1 Å². The summed E-state index contributed by atoms with van der Waals surface area (Å²) in [5, 5.41) is 3.70. The van der Waals surface area contributed by atoms with E-state index < -0.39 is 152 Å². The van der Waals surface area contributed by atoms with E-state index in [0.717, 1.165) is 11.1 Å². The molecule has 0 aromatic heterocycles. The first-order valence-corrected chi connectivity index (χ1v) is 22.8. The Balaban J connectivity index is 0.000000237. The Morgan fingerprint density at radius 1 is 0.324 bits per heavy atom. The van der Waals surface area contributed by atoms with Gasteiger partial charge in [-0.25, -0.2) is 87.8 Å². The van der Waals surface area contributed by atoms with Crippen LogP contribution in [0, 0.1) is 123 Å². The molecule has 0 aliphatic rings. The fourth-order valence-corrected chi connectivity index (χ4v) is 12.9. The maximum atomic E-state index is 15.4. The monoisotopic (exact) mass is 1070 g/mol. The van der Waals surface area contributed by atoms with Crippen LogP contribution in [-0.2, 0) is 0 Å². The predicted molar refractivity (Wildman–Crippen MR) is 235 cm³/mol. The molecule has 8 aromatic carbocycles. The van der Waals surface area contributed by atoms with Gasteiger partial charge in [0.2, 0.25) is 5.78 Å². The summed E-state index contributed by atoms with van der Waals surface area (Å²) in [5.74, 6) is -71.2. The number of aryl methyl sites for hydroxylation is 1. The molecule has 23 heteroatoms. The van der Waals surface area contributed by atoms with Gasteiger partial charge in [0.15, 0.2) is 69.8 Å². The van der Waals surface area contributed by atoms with Crippen LogP contribution in [0.1, 0.15) is 15.9 Å². The van der Waals surface area contributed by atoms with Gasteiger partial charge in [-0.3, -0.25) is 4.79 Å². The van der Waals surface area contributed by atoms with Gasteiger partial charge in [-0.2, -0.15) is 0 Å². The predicted octanol–water partition coefficient (Wildman–Crippen LogP) is 11.0. The molecular weight excluding hydrogens is 1050 g/mol. The molecule has 0 fully saturated rings. The number of rotatable bonds is 10. The van der Waals surface area contributed by atoms with Gasteiger partial charge in [0.1, 0.15) is 82.0 Å². The second-order valence-electron chi connectivity index (χ2n) is 16.1. The first-order valence-electron chi connectivity index (χ1n) is 20.8. The Kier molecular flexibility index (Phi) is 15.3. The van der Waals surface area contributed by atoms with E-state index in [1.165, 1.54) is 15.9 Å². The molecular formula is C51H24BF20OP. The number of benzene rings is 8. The Morgan fingerprint density at radius 3 is 0.784 bits per heavy atom. The summed E-state index contributed by atoms with van der Waals surface area (Å²) >= 11 is 0. The summed E-state index contributed by atoms with van der Waals surface area (Å²) in [6.45, 7) is 2.03. The van der Waals surface area contributed by atoms with E-state index >= 15 is 35.1 Å². The number of ketones is 1. The lowest BCUT2D eigenvalue weighted by Crippen LogP contribution is -2.81. The first kappa shape index (κ1) is 54.3. The van der Waals surface area contributed by atoms with E-state index in [4.69, 9.17) is 0 Å². The molecule has 1 nitrogen and oxygen atoms in total. The van der Waals surface area contributed by atoms with Gasteiger partial charge < -0.3 is 0 Å². The van der Waals surface area contributed by atoms with E-state index in [2.05, 4.69) is 72.8 Å². The van der Waals surface area contributed by atoms with Gasteiger partial charge in [0, 0.05) is 5.56 Å². The Bertz CT molecular complexity index is 3030. The number of carbonyl (C=O) groups is 1. The van der Waals surface area contributed by atoms with Gasteiger partial charge in [-0.1, -0.05) is 78.4 Å². The molecule has 0 aliphatic heterocycles. The molecule has 0 heterocycles. The second kappa shape index (κ2) is 20.8. The smallest absolute Gasteiger partial charge is 0.201 e. The number of carbonyl (C=O) groups excluding carboxylic acids is 1. The van der Waals surface area contributed by atoms with Crippen molar-refractivity contribution in [1.82, 2.24) is 0 Å². The average Bonchev–Trinajstić information content (AvgIpc) is 3.41. The minimum absolute atomic E-state index is 0.193. The molecule has 0 bridgehead atoms. The molecule has 0 N–H and O–H groups in total. The topological polar surface area (TPSA) is 17.1 Å². The molecule has 74 heavy (non-hydrogen) atoms. The molecule has 8 rings (SSSR count). The first-order chi connectivity index (χ1) is 34.9. The number of hydrogen-bond donors (Lipinski definition) is 0. The lowest BCUT2D eigenvalue weighted by atomic mass is 9.12. The fraction of sp³-hybridized carbons (Fsp3) is 0.0392. The maximum Gasteiger partial charge on any atom is 0.201 e. The molecule has 382 valence electrons. The third-order valence-corrected chi connectivity index (χ3v) is 16.3. The standard InChI is InChI=1S/C27H24OP.C24BF20/c1-22-12-11-13-23(20-22)27(28)21-29(24-14-5-2-6-15-24,25-16-7-3-8-17-25)26-18-9-4-10-19-26;26-5-1(6(27)14(35)21(42)13(5)34)25(2-7(28)15(36)22(43)16(37)8(2)29,3-9(30)17(38)23(44)18(39)10(3)31)4-11(32)19(40)24(45)20(41)12(4)33/h2-20H,21H2,1H3;/q+1;-1. The van der Waals surface area contributed by atoms with Crippen molar-refractivity contribution >= 4 is 57.0 Å². The van der Waals surface area contributed by atoms with Crippen LogP contribution in [0.25, 0.3) is 0 Å². The Morgan fingerprint density at radius 2 is 0.554 bits per heavy atom. The molecule has 0 aliphatic carbocycles. The quantitative estimate of drug-likeness (QED) is 0.0333. The van der Waals surface area contributed by atoms with Crippen LogP contribution < -0.4 is 37.8 Å². The summed E-state index contributed by atoms with van der Waals surface area (Å²) in [7, 11) is -2.14. The average molecular weight is 1070 g/mol. The molecule has 0 saturated heterocycles. The van der Waals surface area contributed by atoms with Gasteiger partial charge in [-0.15, -0.1) is 21.9 Å². The second-order valence-corrected chi connectivity index (χ2v) is 19.6. The van der Waals surface area contributed by atoms with Crippen LogP contribution in [0.5, 0.6) is 0 Å². The normalized spacial score (nSPS) is 11.7. The van der Waals surface area contributed by atoms with Crippen molar-refractivity contribution in [2.24, 2.45) is 0 Å². The zero-order valence-electron chi connectivity index (χ0n) is 36.7. The van der Waals surface area contributed by atoms with Crippen molar-refractivity contribution in [3.05, 3.63) is 243 Å². The lowest BCUT2D eigenvalue weighted by Gasteiger charge is -2.44. The third kappa shape index (κ3) is 8.65.